The molecule has 3 nitrogen and oxygen atoms in total. The molecular weight excluding hydrogens is 261 g/mol. The number of hydrogen-bond acceptors (Lipinski definition) is 3. The highest BCUT2D eigenvalue weighted by molar-refractivity contribution is 5.39. The van der Waals surface area contributed by atoms with Crippen molar-refractivity contribution in [1.82, 2.24) is 0 Å². The van der Waals surface area contributed by atoms with Gasteiger partial charge in [-0.2, -0.15) is 13.2 Å². The third-order valence-electron chi connectivity index (χ3n) is 2.53. The predicted octanol–water partition coefficient (Wildman–Crippen LogP) is 2.39. The van der Waals surface area contributed by atoms with E-state index in [1.165, 1.54) is 6.07 Å². The number of aryl methyl sites for hydroxylation is 1. The summed E-state index contributed by atoms with van der Waals surface area (Å²) < 4.78 is 43.6. The summed E-state index contributed by atoms with van der Waals surface area (Å²) in [6.45, 7) is 0.942. The highest BCUT2D eigenvalue weighted by Crippen LogP contribution is 2.37. The van der Waals surface area contributed by atoms with E-state index in [0.717, 1.165) is 12.5 Å². The molecule has 0 heterocycles. The van der Waals surface area contributed by atoms with Crippen LogP contribution in [0.2, 0.25) is 0 Å². The van der Waals surface area contributed by atoms with Crippen LogP contribution >= 0.6 is 0 Å². The summed E-state index contributed by atoms with van der Waals surface area (Å²) in [5.41, 5.74) is -0.270. The van der Waals surface area contributed by atoms with E-state index < -0.39 is 24.5 Å². The third-order valence-corrected chi connectivity index (χ3v) is 2.53. The lowest BCUT2D eigenvalue weighted by Gasteiger charge is -2.16. The number of alkyl halides is 3. The van der Waals surface area contributed by atoms with Gasteiger partial charge in [-0.05, 0) is 24.1 Å². The molecule has 0 radical (unpaired) electrons. The molecule has 0 fully saturated rings. The predicted molar refractivity (Wildman–Crippen MR) is 64.0 cm³/mol. The molecule has 108 valence electrons. The lowest BCUT2D eigenvalue weighted by Crippen LogP contribution is -2.22. The molecule has 0 spiro atoms. The van der Waals surface area contributed by atoms with Gasteiger partial charge in [0.25, 0.3) is 0 Å². The van der Waals surface area contributed by atoms with E-state index in [2.05, 4.69) is 0 Å². The summed E-state index contributed by atoms with van der Waals surface area (Å²) in [6.07, 6.45) is -4.40. The molecule has 0 aliphatic heterocycles. The fraction of sp³-hybridized carbons (Fsp3) is 0.538. The lowest BCUT2D eigenvalue weighted by atomic mass is 10.1. The first-order chi connectivity index (χ1) is 8.88. The second kappa shape index (κ2) is 6.77. The normalized spacial score (nSPS) is 13.4. The zero-order valence-corrected chi connectivity index (χ0v) is 10.6. The topological polar surface area (TPSA) is 49.7 Å². The van der Waals surface area contributed by atoms with Crippen molar-refractivity contribution < 1.29 is 28.1 Å². The zero-order chi connectivity index (χ0) is 14.5. The molecule has 0 bridgehead atoms. The Morgan fingerprint density at radius 3 is 2.53 bits per heavy atom. The van der Waals surface area contributed by atoms with Crippen LogP contribution in [0.1, 0.15) is 24.5 Å². The smallest absolute Gasteiger partial charge is 0.419 e. The van der Waals surface area contributed by atoms with Gasteiger partial charge in [0.15, 0.2) is 0 Å². The van der Waals surface area contributed by atoms with Gasteiger partial charge in [0, 0.05) is 0 Å². The van der Waals surface area contributed by atoms with E-state index >= 15 is 0 Å². The average molecular weight is 278 g/mol. The Bertz CT molecular complexity index is 405. The molecule has 0 aliphatic carbocycles. The highest BCUT2D eigenvalue weighted by Gasteiger charge is 2.34. The molecule has 0 saturated carbocycles. The fourth-order valence-corrected chi connectivity index (χ4v) is 1.61. The maximum absolute atomic E-state index is 12.9. The number of aliphatic hydroxyl groups is 2. The van der Waals surface area contributed by atoms with E-state index in [1.54, 1.807) is 6.07 Å². The Balaban J connectivity index is 2.96. The molecule has 1 atom stereocenters. The molecule has 0 saturated heterocycles. The van der Waals surface area contributed by atoms with Crippen LogP contribution in [0.25, 0.3) is 0 Å². The van der Waals surface area contributed by atoms with Crippen LogP contribution in [-0.4, -0.2) is 29.5 Å². The van der Waals surface area contributed by atoms with Gasteiger partial charge in [-0.3, -0.25) is 0 Å². The molecular formula is C13H17F3O3. The first-order valence-electron chi connectivity index (χ1n) is 6.00. The van der Waals surface area contributed by atoms with Crippen LogP contribution in [-0.2, 0) is 12.6 Å². The number of hydrogen-bond donors (Lipinski definition) is 2. The maximum atomic E-state index is 12.9. The van der Waals surface area contributed by atoms with Gasteiger partial charge in [0.2, 0.25) is 0 Å². The summed E-state index contributed by atoms with van der Waals surface area (Å²) in [4.78, 5) is 0. The van der Waals surface area contributed by atoms with Gasteiger partial charge in [-0.1, -0.05) is 19.4 Å². The van der Waals surface area contributed by atoms with Gasteiger partial charge in [0.1, 0.15) is 18.5 Å². The SMILES string of the molecule is CCCc1ccc(OCC(O)CO)c(C(F)(F)F)c1. The number of rotatable bonds is 6. The van der Waals surface area contributed by atoms with Crippen molar-refractivity contribution in [2.75, 3.05) is 13.2 Å². The minimum absolute atomic E-state index is 0.333. The van der Waals surface area contributed by atoms with E-state index in [0.29, 0.717) is 12.0 Å². The minimum Gasteiger partial charge on any atom is -0.490 e. The highest BCUT2D eigenvalue weighted by atomic mass is 19.4. The summed E-state index contributed by atoms with van der Waals surface area (Å²) in [7, 11) is 0. The second-order valence-electron chi connectivity index (χ2n) is 4.23. The van der Waals surface area contributed by atoms with Gasteiger partial charge in [0.05, 0.1) is 12.2 Å². The Hall–Kier alpha value is -1.27. The van der Waals surface area contributed by atoms with Crippen LogP contribution in [0.4, 0.5) is 13.2 Å². The van der Waals surface area contributed by atoms with Gasteiger partial charge < -0.3 is 14.9 Å². The molecule has 1 rings (SSSR count). The lowest BCUT2D eigenvalue weighted by molar-refractivity contribution is -0.139. The molecule has 0 amide bonds. The molecule has 2 N–H and O–H groups in total. The van der Waals surface area contributed by atoms with Crippen LogP contribution in [0.15, 0.2) is 18.2 Å². The number of benzene rings is 1. The first kappa shape index (κ1) is 15.8. The molecule has 1 unspecified atom stereocenters. The van der Waals surface area contributed by atoms with Crippen molar-refractivity contribution >= 4 is 0 Å². The van der Waals surface area contributed by atoms with Crippen molar-refractivity contribution in [3.05, 3.63) is 29.3 Å². The largest absolute Gasteiger partial charge is 0.490 e. The number of ether oxygens (including phenoxy) is 1. The van der Waals surface area contributed by atoms with Gasteiger partial charge in [-0.15, -0.1) is 0 Å². The standard InChI is InChI=1S/C13H17F3O3/c1-2-3-9-4-5-12(19-8-10(18)7-17)11(6-9)13(14,15)16/h4-6,10,17-18H,2-3,7-8H2,1H3. The molecule has 1 aromatic rings. The van der Waals surface area contributed by atoms with Crippen LogP contribution in [0, 0.1) is 0 Å². The fourth-order valence-electron chi connectivity index (χ4n) is 1.61. The Morgan fingerprint density at radius 2 is 2.00 bits per heavy atom. The van der Waals surface area contributed by atoms with Crippen molar-refractivity contribution in [2.45, 2.75) is 32.0 Å². The summed E-state index contributed by atoms with van der Waals surface area (Å²) in [5, 5.41) is 17.7. The molecule has 0 aromatic heterocycles. The van der Waals surface area contributed by atoms with E-state index in [1.807, 2.05) is 6.92 Å². The number of halogens is 3. The number of aliphatic hydroxyl groups excluding tert-OH is 2. The molecule has 1 aromatic carbocycles. The van der Waals surface area contributed by atoms with Crippen molar-refractivity contribution in [2.24, 2.45) is 0 Å². The van der Waals surface area contributed by atoms with Gasteiger partial charge in [-0.25, -0.2) is 0 Å². The Morgan fingerprint density at radius 1 is 1.32 bits per heavy atom. The van der Waals surface area contributed by atoms with E-state index in [-0.39, 0.29) is 12.4 Å². The second-order valence-corrected chi connectivity index (χ2v) is 4.23. The third kappa shape index (κ3) is 4.72. The molecule has 19 heavy (non-hydrogen) atoms. The quantitative estimate of drug-likeness (QED) is 0.840. The van der Waals surface area contributed by atoms with Crippen LogP contribution in [0.3, 0.4) is 0 Å². The van der Waals surface area contributed by atoms with Gasteiger partial charge >= 0.3 is 6.18 Å². The minimum atomic E-state index is -4.51. The summed E-state index contributed by atoms with van der Waals surface area (Å²) >= 11 is 0. The van der Waals surface area contributed by atoms with Crippen molar-refractivity contribution in [3.63, 3.8) is 0 Å². The average Bonchev–Trinajstić information content (AvgIpc) is 2.36. The maximum Gasteiger partial charge on any atom is 0.419 e. The Kier molecular flexibility index (Phi) is 5.62. The first-order valence-corrected chi connectivity index (χ1v) is 6.00. The van der Waals surface area contributed by atoms with Crippen molar-refractivity contribution in [3.8, 4) is 5.75 Å². The van der Waals surface area contributed by atoms with Crippen LogP contribution in [0.5, 0.6) is 5.75 Å². The summed E-state index contributed by atoms with van der Waals surface area (Å²) in [5.74, 6) is -0.333. The zero-order valence-electron chi connectivity index (χ0n) is 10.6. The monoisotopic (exact) mass is 278 g/mol. The van der Waals surface area contributed by atoms with Crippen molar-refractivity contribution in [1.29, 1.82) is 0 Å². The van der Waals surface area contributed by atoms with Crippen LogP contribution < -0.4 is 4.74 Å². The van der Waals surface area contributed by atoms with E-state index in [4.69, 9.17) is 14.9 Å². The molecule has 0 aliphatic rings. The summed E-state index contributed by atoms with van der Waals surface area (Å²) in [6, 6.07) is 3.88. The Labute approximate surface area is 109 Å². The molecule has 6 heteroatoms. The van der Waals surface area contributed by atoms with E-state index in [9.17, 15) is 13.2 Å².